The number of halogens is 4. The molecule has 0 bridgehead atoms. The molecular weight excluding hydrogens is 455 g/mol. The molecule has 158 valence electrons. The molecule has 4 rings (SSSR count). The summed E-state index contributed by atoms with van der Waals surface area (Å²) in [5.74, 6) is 0. The normalized spacial score (nSPS) is 18.7. The first kappa shape index (κ1) is 21.0. The predicted molar refractivity (Wildman–Crippen MR) is 116 cm³/mol. The molecule has 0 spiro atoms. The summed E-state index contributed by atoms with van der Waals surface area (Å²) in [6, 6.07) is 4.81. The number of nitriles is 1. The molecule has 2 aromatic rings. The topological polar surface area (TPSA) is 32.0 Å². The van der Waals surface area contributed by atoms with Crippen LogP contribution in [0.1, 0.15) is 55.5 Å². The first-order chi connectivity index (χ1) is 14.2. The zero-order valence-corrected chi connectivity index (χ0v) is 18.5. The molecule has 0 saturated heterocycles. The van der Waals surface area contributed by atoms with Gasteiger partial charge in [-0.15, -0.1) is 0 Å². The number of benzene rings is 1. The molecule has 7 heteroatoms. The third kappa shape index (κ3) is 3.45. The van der Waals surface area contributed by atoms with Crippen molar-refractivity contribution < 1.29 is 13.2 Å². The molecule has 2 aliphatic rings. The van der Waals surface area contributed by atoms with Gasteiger partial charge in [-0.2, -0.15) is 18.4 Å². The molecule has 30 heavy (non-hydrogen) atoms. The van der Waals surface area contributed by atoms with Gasteiger partial charge in [0.15, 0.2) is 0 Å². The molecule has 1 aromatic heterocycles. The second-order valence-corrected chi connectivity index (χ2v) is 8.97. The van der Waals surface area contributed by atoms with Crippen molar-refractivity contribution in [2.24, 2.45) is 0 Å². The van der Waals surface area contributed by atoms with E-state index in [2.05, 4.69) is 26.6 Å². The van der Waals surface area contributed by atoms with Crippen molar-refractivity contribution in [2.75, 3.05) is 6.54 Å². The van der Waals surface area contributed by atoms with Gasteiger partial charge < -0.3 is 9.47 Å². The second kappa shape index (κ2) is 7.81. The van der Waals surface area contributed by atoms with Crippen molar-refractivity contribution in [1.82, 2.24) is 9.47 Å². The van der Waals surface area contributed by atoms with Crippen LogP contribution < -0.4 is 0 Å². The summed E-state index contributed by atoms with van der Waals surface area (Å²) in [7, 11) is 0. The van der Waals surface area contributed by atoms with E-state index in [1.165, 1.54) is 11.8 Å². The van der Waals surface area contributed by atoms with Crippen molar-refractivity contribution in [3.63, 3.8) is 0 Å². The van der Waals surface area contributed by atoms with Gasteiger partial charge in [0.05, 0.1) is 22.5 Å². The third-order valence-electron chi connectivity index (χ3n) is 6.27. The van der Waals surface area contributed by atoms with Crippen LogP contribution in [-0.2, 0) is 0 Å². The molecule has 1 fully saturated rings. The van der Waals surface area contributed by atoms with E-state index in [0.29, 0.717) is 17.0 Å². The lowest BCUT2D eigenvalue weighted by Gasteiger charge is -2.36. The molecule has 0 unspecified atom stereocenters. The molecule has 1 atom stereocenters. The highest BCUT2D eigenvalue weighted by Crippen LogP contribution is 2.43. The fourth-order valence-electron chi connectivity index (χ4n) is 4.63. The Balaban J connectivity index is 2.01. The molecule has 3 nitrogen and oxygen atoms in total. The number of hydrogen-bond acceptors (Lipinski definition) is 2. The monoisotopic (exact) mass is 477 g/mol. The summed E-state index contributed by atoms with van der Waals surface area (Å²) in [5.41, 5.74) is 3.48. The Morgan fingerprint density at radius 3 is 2.57 bits per heavy atom. The van der Waals surface area contributed by atoms with Gasteiger partial charge in [0, 0.05) is 22.4 Å². The highest BCUT2D eigenvalue weighted by Gasteiger charge is 2.42. The van der Waals surface area contributed by atoms with Gasteiger partial charge in [0.25, 0.3) is 0 Å². The van der Waals surface area contributed by atoms with Gasteiger partial charge >= 0.3 is 6.18 Å². The Bertz CT molecular complexity index is 1080. The fourth-order valence-corrected chi connectivity index (χ4v) is 4.97. The van der Waals surface area contributed by atoms with E-state index in [4.69, 9.17) is 0 Å². The van der Waals surface area contributed by atoms with E-state index in [1.807, 2.05) is 19.1 Å². The first-order valence-electron chi connectivity index (χ1n) is 10.2. The maximum atomic E-state index is 13.6. The minimum absolute atomic E-state index is 0.159. The van der Waals surface area contributed by atoms with Crippen LogP contribution in [0.25, 0.3) is 16.6 Å². The number of fused-ring (bicyclic) bond motifs is 1. The van der Waals surface area contributed by atoms with Crippen LogP contribution in [0.4, 0.5) is 13.2 Å². The summed E-state index contributed by atoms with van der Waals surface area (Å²) in [6.45, 7) is 3.33. The maximum Gasteiger partial charge on any atom is 0.408 e. The SMILES string of the molecule is Cc1cc2c(cc1Br)c(C#N)c(C1=CC=CCN1[C@H](C)C(F)(F)F)n2C1CCCC1. The van der Waals surface area contributed by atoms with E-state index < -0.39 is 12.2 Å². The Labute approximate surface area is 182 Å². The van der Waals surface area contributed by atoms with Crippen LogP contribution in [0.2, 0.25) is 0 Å². The lowest BCUT2D eigenvalue weighted by atomic mass is 10.0. The van der Waals surface area contributed by atoms with Gasteiger partial charge in [-0.25, -0.2) is 0 Å². The number of nitrogens with zero attached hydrogens (tertiary/aromatic N) is 3. The number of alkyl halides is 3. The zero-order chi connectivity index (χ0) is 21.6. The summed E-state index contributed by atoms with van der Waals surface area (Å²) >= 11 is 3.55. The minimum Gasteiger partial charge on any atom is -0.354 e. The molecule has 0 amide bonds. The predicted octanol–water partition coefficient (Wildman–Crippen LogP) is 6.86. The van der Waals surface area contributed by atoms with Gasteiger partial charge in [-0.05, 0) is 50.5 Å². The highest BCUT2D eigenvalue weighted by molar-refractivity contribution is 9.10. The van der Waals surface area contributed by atoms with E-state index in [0.717, 1.165) is 46.6 Å². The molecule has 1 aliphatic heterocycles. The molecule has 1 aromatic carbocycles. The van der Waals surface area contributed by atoms with E-state index in [1.54, 1.807) is 18.2 Å². The molecule has 1 aliphatic carbocycles. The van der Waals surface area contributed by atoms with E-state index >= 15 is 0 Å². The average molecular weight is 478 g/mol. The standard InChI is InChI=1S/C23H23BrF3N3/c1-14-11-21-17(12-19(14)24)18(13-28)22(30(21)16-7-3-4-8-16)20-9-5-6-10-29(20)15(2)23(25,26)27/h5-6,9,11-12,15-16H,3-4,7-8,10H2,1-2H3/t15-/m1/s1. The Kier molecular flexibility index (Phi) is 5.48. The Morgan fingerprint density at radius 1 is 1.23 bits per heavy atom. The first-order valence-corrected chi connectivity index (χ1v) is 11.0. The van der Waals surface area contributed by atoms with Crippen LogP contribution in [0.15, 0.2) is 34.8 Å². The van der Waals surface area contributed by atoms with Crippen molar-refractivity contribution in [3.8, 4) is 6.07 Å². The molecule has 2 heterocycles. The van der Waals surface area contributed by atoms with Crippen molar-refractivity contribution in [1.29, 1.82) is 5.26 Å². The van der Waals surface area contributed by atoms with E-state index in [9.17, 15) is 18.4 Å². The number of rotatable bonds is 3. The fraction of sp³-hybridized carbons (Fsp3) is 0.435. The van der Waals surface area contributed by atoms with Gasteiger partial charge in [-0.3, -0.25) is 0 Å². The van der Waals surface area contributed by atoms with Gasteiger partial charge in [0.1, 0.15) is 12.1 Å². The molecule has 1 saturated carbocycles. The summed E-state index contributed by atoms with van der Waals surface area (Å²) in [6.07, 6.45) is 4.97. The van der Waals surface area contributed by atoms with Crippen LogP contribution in [-0.4, -0.2) is 28.2 Å². The minimum atomic E-state index is -4.36. The zero-order valence-electron chi connectivity index (χ0n) is 16.9. The third-order valence-corrected chi connectivity index (χ3v) is 7.13. The second-order valence-electron chi connectivity index (χ2n) is 8.11. The van der Waals surface area contributed by atoms with E-state index in [-0.39, 0.29) is 12.6 Å². The maximum absolute atomic E-state index is 13.6. The van der Waals surface area contributed by atoms with Gasteiger partial charge in [0.2, 0.25) is 0 Å². The summed E-state index contributed by atoms with van der Waals surface area (Å²) in [5, 5.41) is 10.9. The highest BCUT2D eigenvalue weighted by atomic mass is 79.9. The van der Waals surface area contributed by atoms with Crippen LogP contribution in [0, 0.1) is 18.3 Å². The van der Waals surface area contributed by atoms with Crippen LogP contribution >= 0.6 is 15.9 Å². The smallest absolute Gasteiger partial charge is 0.354 e. The molecular formula is C23H23BrF3N3. The number of aryl methyl sites for hydroxylation is 1. The van der Waals surface area contributed by atoms with Crippen LogP contribution in [0.5, 0.6) is 0 Å². The largest absolute Gasteiger partial charge is 0.408 e. The lowest BCUT2D eigenvalue weighted by molar-refractivity contribution is -0.169. The van der Waals surface area contributed by atoms with Crippen LogP contribution in [0.3, 0.4) is 0 Å². The van der Waals surface area contributed by atoms with Crippen molar-refractivity contribution in [3.05, 3.63) is 51.7 Å². The van der Waals surface area contributed by atoms with Gasteiger partial charge in [-0.1, -0.05) is 40.9 Å². The van der Waals surface area contributed by atoms with Crippen molar-refractivity contribution >= 4 is 32.5 Å². The Morgan fingerprint density at radius 2 is 1.93 bits per heavy atom. The molecule has 0 radical (unpaired) electrons. The summed E-state index contributed by atoms with van der Waals surface area (Å²) in [4.78, 5) is 1.36. The average Bonchev–Trinajstić information content (AvgIpc) is 3.33. The quantitative estimate of drug-likeness (QED) is 0.483. The number of aromatic nitrogens is 1. The number of allylic oxidation sites excluding steroid dienone is 2. The van der Waals surface area contributed by atoms with Crippen molar-refractivity contribution in [2.45, 2.75) is 57.8 Å². The molecule has 0 N–H and O–H groups in total. The Hall–Kier alpha value is -2.20. The lowest BCUT2D eigenvalue weighted by Crippen LogP contribution is -2.43. The number of hydrogen-bond donors (Lipinski definition) is 0. The summed E-state index contributed by atoms with van der Waals surface area (Å²) < 4.78 is 44.0.